The second kappa shape index (κ2) is 11.6. The van der Waals surface area contributed by atoms with E-state index in [2.05, 4.69) is 22.7 Å². The van der Waals surface area contributed by atoms with Crippen molar-refractivity contribution in [3.05, 3.63) is 81.7 Å². The van der Waals surface area contributed by atoms with Gasteiger partial charge in [0, 0.05) is 17.0 Å². The number of fused-ring (bicyclic) bond motifs is 1. The summed E-state index contributed by atoms with van der Waals surface area (Å²) in [6, 6.07) is 17.8. The molecule has 0 radical (unpaired) electrons. The number of aromatic nitrogens is 2. The number of nitrogens with one attached hydrogen (secondary N) is 1. The highest BCUT2D eigenvalue weighted by Gasteiger charge is 2.32. The smallest absolute Gasteiger partial charge is 0.341 e. The van der Waals surface area contributed by atoms with Crippen LogP contribution in [0.2, 0.25) is 0 Å². The molecule has 2 heterocycles. The lowest BCUT2D eigenvalue weighted by Crippen LogP contribution is -2.36. The van der Waals surface area contributed by atoms with E-state index in [1.54, 1.807) is 13.8 Å². The number of anilines is 1. The predicted molar refractivity (Wildman–Crippen MR) is 148 cm³/mol. The van der Waals surface area contributed by atoms with Gasteiger partial charge in [-0.05, 0) is 73.5 Å². The number of carbonyl (C=O) groups excluding carboxylic acids is 2. The molecule has 1 N–H and O–H groups in total. The zero-order valence-electron chi connectivity index (χ0n) is 21.9. The van der Waals surface area contributed by atoms with E-state index >= 15 is 0 Å². The molecule has 202 valence electrons. The van der Waals surface area contributed by atoms with Crippen molar-refractivity contribution in [2.75, 3.05) is 11.9 Å². The SMILES string of the molecule is CCOC(=O)c1c(NC(=O)C(C)Sc2c([O-])on[n+]2-c2ccc(C)cc2)sc2c1CCC(c1ccccc1)C2. The quantitative estimate of drug-likeness (QED) is 0.183. The van der Waals surface area contributed by atoms with Crippen LogP contribution in [0.4, 0.5) is 5.00 Å². The highest BCUT2D eigenvalue weighted by Crippen LogP contribution is 2.43. The van der Waals surface area contributed by atoms with Crippen LogP contribution in [0, 0.1) is 6.92 Å². The second-order valence-electron chi connectivity index (χ2n) is 9.44. The van der Waals surface area contributed by atoms with Gasteiger partial charge in [-0.15, -0.1) is 11.3 Å². The first-order valence-electron chi connectivity index (χ1n) is 12.9. The molecule has 0 spiro atoms. The number of amides is 1. The number of hydrogen-bond acceptors (Lipinski definition) is 8. The molecule has 0 saturated heterocycles. The summed E-state index contributed by atoms with van der Waals surface area (Å²) >= 11 is 2.49. The van der Waals surface area contributed by atoms with Crippen LogP contribution in [0.5, 0.6) is 5.95 Å². The van der Waals surface area contributed by atoms with Crippen LogP contribution in [0.1, 0.15) is 58.1 Å². The van der Waals surface area contributed by atoms with Gasteiger partial charge in [-0.3, -0.25) is 4.79 Å². The number of hydrogen-bond donors (Lipinski definition) is 1. The third kappa shape index (κ3) is 5.72. The van der Waals surface area contributed by atoms with Crippen LogP contribution in [-0.2, 0) is 22.4 Å². The van der Waals surface area contributed by atoms with Gasteiger partial charge in [0.25, 0.3) is 5.03 Å². The maximum absolute atomic E-state index is 13.3. The lowest BCUT2D eigenvalue weighted by molar-refractivity contribution is -0.705. The molecule has 0 bridgehead atoms. The van der Waals surface area contributed by atoms with E-state index in [0.717, 1.165) is 47.0 Å². The molecular weight excluding hydrogens is 534 g/mol. The van der Waals surface area contributed by atoms with Gasteiger partial charge < -0.3 is 19.7 Å². The number of rotatable bonds is 8. The van der Waals surface area contributed by atoms with Crippen LogP contribution < -0.4 is 15.1 Å². The van der Waals surface area contributed by atoms with Crippen molar-refractivity contribution < 1.29 is 28.6 Å². The summed E-state index contributed by atoms with van der Waals surface area (Å²) in [5.41, 5.74) is 4.40. The average molecular weight is 564 g/mol. The Hall–Kier alpha value is -3.63. The zero-order chi connectivity index (χ0) is 27.5. The third-order valence-electron chi connectivity index (χ3n) is 6.76. The van der Waals surface area contributed by atoms with Crippen molar-refractivity contribution in [2.24, 2.45) is 0 Å². The molecule has 4 aromatic rings. The largest absolute Gasteiger partial charge is 0.538 e. The Kier molecular flexibility index (Phi) is 8.04. The van der Waals surface area contributed by atoms with E-state index in [1.807, 2.05) is 49.4 Å². The highest BCUT2D eigenvalue weighted by molar-refractivity contribution is 8.00. The van der Waals surface area contributed by atoms with E-state index in [9.17, 15) is 14.7 Å². The number of aryl methyl sites for hydroxylation is 1. The van der Waals surface area contributed by atoms with Crippen molar-refractivity contribution >= 4 is 40.0 Å². The molecule has 0 fully saturated rings. The lowest BCUT2D eigenvalue weighted by atomic mass is 9.83. The number of thioether (sulfide) groups is 1. The lowest BCUT2D eigenvalue weighted by Gasteiger charge is -2.23. The first-order chi connectivity index (χ1) is 18.9. The fraction of sp³-hybridized carbons (Fsp3) is 0.310. The van der Waals surface area contributed by atoms with Crippen molar-refractivity contribution in [1.29, 1.82) is 0 Å². The first-order valence-corrected chi connectivity index (χ1v) is 14.6. The second-order valence-corrected chi connectivity index (χ2v) is 11.9. The number of benzene rings is 2. The van der Waals surface area contributed by atoms with Gasteiger partial charge >= 0.3 is 5.97 Å². The van der Waals surface area contributed by atoms with Crippen LogP contribution in [0.25, 0.3) is 5.69 Å². The van der Waals surface area contributed by atoms with Gasteiger partial charge in [0.2, 0.25) is 11.6 Å². The molecule has 2 atom stereocenters. The molecule has 0 saturated carbocycles. The van der Waals surface area contributed by atoms with Crippen LogP contribution in [0.3, 0.4) is 0 Å². The summed E-state index contributed by atoms with van der Waals surface area (Å²) in [6.07, 6.45) is 2.45. The van der Waals surface area contributed by atoms with Crippen molar-refractivity contribution in [2.45, 2.75) is 56.2 Å². The molecule has 2 aromatic carbocycles. The van der Waals surface area contributed by atoms with Gasteiger partial charge in [-0.1, -0.05) is 48.0 Å². The number of nitrogens with zero attached hydrogens (tertiary/aromatic N) is 2. The number of thiophene rings is 1. The molecule has 1 aliphatic rings. The Bertz CT molecular complexity index is 1480. The normalized spacial score (nSPS) is 15.4. The summed E-state index contributed by atoms with van der Waals surface area (Å²) in [5.74, 6) is -1.03. The van der Waals surface area contributed by atoms with Crippen molar-refractivity contribution in [3.63, 3.8) is 0 Å². The Balaban J connectivity index is 1.37. The highest BCUT2D eigenvalue weighted by atomic mass is 32.2. The van der Waals surface area contributed by atoms with Gasteiger partial charge in [0.05, 0.1) is 22.7 Å². The summed E-state index contributed by atoms with van der Waals surface area (Å²) in [4.78, 5) is 27.4. The molecule has 1 aliphatic carbocycles. The topological polar surface area (TPSA) is 108 Å². The Labute approximate surface area is 235 Å². The molecule has 5 rings (SSSR count). The van der Waals surface area contributed by atoms with E-state index in [0.29, 0.717) is 22.2 Å². The van der Waals surface area contributed by atoms with Crippen molar-refractivity contribution in [1.82, 2.24) is 5.27 Å². The molecule has 10 heteroatoms. The Morgan fingerprint density at radius 1 is 1.23 bits per heavy atom. The summed E-state index contributed by atoms with van der Waals surface area (Å²) in [5, 5.41) is 19.3. The maximum Gasteiger partial charge on any atom is 0.341 e. The summed E-state index contributed by atoms with van der Waals surface area (Å²) in [6.45, 7) is 5.68. The van der Waals surface area contributed by atoms with E-state index in [-0.39, 0.29) is 17.5 Å². The fourth-order valence-electron chi connectivity index (χ4n) is 4.73. The fourth-order valence-corrected chi connectivity index (χ4v) is 6.92. The van der Waals surface area contributed by atoms with E-state index in [1.165, 1.54) is 21.6 Å². The number of ether oxygens (including phenoxy) is 1. The molecule has 1 amide bonds. The standard InChI is InChI=1S/C29H29N3O5S2/c1-4-36-28(34)24-22-15-12-20(19-8-6-5-7-9-19)16-23(22)39-26(24)30-25(33)18(3)38-27-29(35)37-31-32(27)21-13-10-17(2)11-14-21/h5-11,13-14,18,20H,4,12,15-16H2,1-3H3,(H-,30,31,33,34,35). The van der Waals surface area contributed by atoms with Gasteiger partial charge in [0.1, 0.15) is 5.00 Å². The molecule has 39 heavy (non-hydrogen) atoms. The minimum absolute atomic E-state index is 0.197. The van der Waals surface area contributed by atoms with E-state index in [4.69, 9.17) is 9.26 Å². The molecule has 2 aromatic heterocycles. The predicted octanol–water partition coefficient (Wildman–Crippen LogP) is 4.96. The van der Waals surface area contributed by atoms with Gasteiger partial charge in [0.15, 0.2) is 5.95 Å². The molecule has 2 unspecified atom stereocenters. The first kappa shape index (κ1) is 27.0. The maximum atomic E-state index is 13.3. The third-order valence-corrected chi connectivity index (χ3v) is 9.06. The van der Waals surface area contributed by atoms with Crippen LogP contribution >= 0.6 is 23.1 Å². The van der Waals surface area contributed by atoms with Gasteiger partial charge in [-0.2, -0.15) is 0 Å². The monoisotopic (exact) mass is 563 g/mol. The zero-order valence-corrected chi connectivity index (χ0v) is 23.6. The Morgan fingerprint density at radius 2 is 1.97 bits per heavy atom. The summed E-state index contributed by atoms with van der Waals surface area (Å²) in [7, 11) is 0. The molecular formula is C29H29N3O5S2. The number of carbonyl (C=O) groups is 2. The Morgan fingerprint density at radius 3 is 2.69 bits per heavy atom. The molecule has 0 aliphatic heterocycles. The van der Waals surface area contributed by atoms with E-state index < -0.39 is 17.2 Å². The summed E-state index contributed by atoms with van der Waals surface area (Å²) < 4.78 is 11.7. The number of esters is 1. The van der Waals surface area contributed by atoms with Crippen LogP contribution in [-0.4, -0.2) is 29.0 Å². The average Bonchev–Trinajstić information content (AvgIpc) is 3.48. The minimum atomic E-state index is -0.667. The molecule has 8 nitrogen and oxygen atoms in total. The van der Waals surface area contributed by atoms with Crippen molar-refractivity contribution in [3.8, 4) is 11.6 Å². The minimum Gasteiger partial charge on any atom is -0.538 e. The van der Waals surface area contributed by atoms with Gasteiger partial charge in [-0.25, -0.2) is 4.79 Å². The van der Waals surface area contributed by atoms with Crippen LogP contribution in [0.15, 0.2) is 64.1 Å².